The maximum Gasteiger partial charge on any atom is 0.123 e. The first-order valence-electron chi connectivity index (χ1n) is 13.6. The number of hydrogen-bond acceptors (Lipinski definition) is 4. The van der Waals surface area contributed by atoms with E-state index in [0.717, 1.165) is 52.3 Å². The van der Waals surface area contributed by atoms with Gasteiger partial charge in [-0.25, -0.2) is 0 Å². The van der Waals surface area contributed by atoms with Crippen molar-refractivity contribution in [1.29, 1.82) is 0 Å². The monoisotopic (exact) mass is 498 g/mol. The Kier molecular flexibility index (Phi) is 8.33. The minimum atomic E-state index is 0.373. The standard InChI is InChI=1S/C32H42N4O/c1-19(2)15-33-16-25-13-30(32-26(21(5)6)11-12-29-27(32)17-34-36-29)35-23(8)28(25)18-37-31-14-24(20(3)4)10-9-22(31)7/h9-14,17,19-21,33H,15-16,18H2,1-8H3,(H,34,36). The van der Waals surface area contributed by atoms with Crippen LogP contribution in [0.25, 0.3) is 22.2 Å². The summed E-state index contributed by atoms with van der Waals surface area (Å²) in [6.07, 6.45) is 1.92. The number of ether oxygens (including phenoxy) is 1. The molecule has 0 amide bonds. The van der Waals surface area contributed by atoms with E-state index in [-0.39, 0.29) is 0 Å². The van der Waals surface area contributed by atoms with Gasteiger partial charge in [-0.05, 0) is 78.6 Å². The van der Waals surface area contributed by atoms with E-state index < -0.39 is 0 Å². The van der Waals surface area contributed by atoms with Crippen molar-refractivity contribution >= 4 is 10.9 Å². The maximum absolute atomic E-state index is 6.45. The van der Waals surface area contributed by atoms with E-state index >= 15 is 0 Å². The lowest BCUT2D eigenvalue weighted by Crippen LogP contribution is -2.21. The predicted molar refractivity (Wildman–Crippen MR) is 154 cm³/mol. The molecule has 2 N–H and O–H groups in total. The zero-order valence-corrected chi connectivity index (χ0v) is 23.7. The summed E-state index contributed by atoms with van der Waals surface area (Å²) in [7, 11) is 0. The summed E-state index contributed by atoms with van der Waals surface area (Å²) in [5.74, 6) is 2.36. The number of nitrogens with zero attached hydrogens (tertiary/aromatic N) is 2. The number of aryl methyl sites for hydroxylation is 2. The van der Waals surface area contributed by atoms with E-state index in [2.05, 4.69) is 107 Å². The zero-order valence-electron chi connectivity index (χ0n) is 23.7. The predicted octanol–water partition coefficient (Wildman–Crippen LogP) is 7.81. The van der Waals surface area contributed by atoms with Gasteiger partial charge in [-0.1, -0.05) is 59.7 Å². The highest BCUT2D eigenvalue weighted by Gasteiger charge is 2.19. The molecular weight excluding hydrogens is 456 g/mol. The molecule has 0 aliphatic rings. The molecule has 2 heterocycles. The van der Waals surface area contributed by atoms with Gasteiger partial charge in [0.2, 0.25) is 0 Å². The van der Waals surface area contributed by atoms with Gasteiger partial charge in [0, 0.05) is 28.8 Å². The summed E-state index contributed by atoms with van der Waals surface area (Å²) in [6, 6.07) is 13.1. The van der Waals surface area contributed by atoms with E-state index in [1.54, 1.807) is 0 Å². The number of rotatable bonds is 10. The van der Waals surface area contributed by atoms with Gasteiger partial charge in [0.25, 0.3) is 0 Å². The number of aromatic nitrogens is 3. The average molecular weight is 499 g/mol. The van der Waals surface area contributed by atoms with E-state index in [0.29, 0.717) is 24.4 Å². The van der Waals surface area contributed by atoms with Gasteiger partial charge in [-0.3, -0.25) is 10.1 Å². The third kappa shape index (κ3) is 6.04. The molecule has 4 rings (SSSR count). The Morgan fingerprint density at radius 1 is 0.946 bits per heavy atom. The summed E-state index contributed by atoms with van der Waals surface area (Å²) in [6.45, 7) is 19.8. The molecule has 5 heteroatoms. The molecule has 0 aliphatic carbocycles. The summed E-state index contributed by atoms with van der Waals surface area (Å²) in [5.41, 5.74) is 10.3. The van der Waals surface area contributed by atoms with Crippen molar-refractivity contribution in [2.45, 2.75) is 80.4 Å². The summed E-state index contributed by atoms with van der Waals surface area (Å²) < 4.78 is 6.45. The van der Waals surface area contributed by atoms with E-state index in [9.17, 15) is 0 Å². The molecule has 0 saturated carbocycles. The Morgan fingerprint density at radius 2 is 1.73 bits per heavy atom. The van der Waals surface area contributed by atoms with Crippen LogP contribution in [0.5, 0.6) is 5.75 Å². The number of pyridine rings is 1. The normalized spacial score (nSPS) is 11.9. The smallest absolute Gasteiger partial charge is 0.123 e. The second-order valence-corrected chi connectivity index (χ2v) is 11.2. The number of nitrogens with one attached hydrogen (secondary N) is 2. The van der Waals surface area contributed by atoms with Crippen LogP contribution in [0.2, 0.25) is 0 Å². The van der Waals surface area contributed by atoms with Crippen molar-refractivity contribution in [2.75, 3.05) is 6.54 Å². The molecule has 0 unspecified atom stereocenters. The van der Waals surface area contributed by atoms with Crippen LogP contribution in [0, 0.1) is 19.8 Å². The van der Waals surface area contributed by atoms with Crippen molar-refractivity contribution < 1.29 is 4.74 Å². The Hall–Kier alpha value is -3.18. The fourth-order valence-electron chi connectivity index (χ4n) is 4.83. The van der Waals surface area contributed by atoms with E-state index in [1.807, 2.05) is 6.20 Å². The van der Waals surface area contributed by atoms with Crippen molar-refractivity contribution in [2.24, 2.45) is 5.92 Å². The molecular formula is C32H42N4O. The Morgan fingerprint density at radius 3 is 2.43 bits per heavy atom. The van der Waals surface area contributed by atoms with Crippen LogP contribution in [0.15, 0.2) is 42.6 Å². The molecule has 0 radical (unpaired) electrons. The van der Waals surface area contributed by atoms with Crippen LogP contribution in [-0.4, -0.2) is 21.7 Å². The third-order valence-corrected chi connectivity index (χ3v) is 7.08. The van der Waals surface area contributed by atoms with Gasteiger partial charge in [-0.2, -0.15) is 5.10 Å². The van der Waals surface area contributed by atoms with Crippen LogP contribution < -0.4 is 10.1 Å². The second-order valence-electron chi connectivity index (χ2n) is 11.2. The highest BCUT2D eigenvalue weighted by atomic mass is 16.5. The van der Waals surface area contributed by atoms with Crippen LogP contribution in [0.4, 0.5) is 0 Å². The third-order valence-electron chi connectivity index (χ3n) is 7.08. The topological polar surface area (TPSA) is 62.8 Å². The van der Waals surface area contributed by atoms with Gasteiger partial charge in [0.05, 0.1) is 17.4 Å². The van der Waals surface area contributed by atoms with Gasteiger partial charge < -0.3 is 10.1 Å². The first kappa shape index (κ1) is 26.9. The van der Waals surface area contributed by atoms with Gasteiger partial charge in [-0.15, -0.1) is 0 Å². The fraction of sp³-hybridized carbons (Fsp3) is 0.438. The average Bonchev–Trinajstić information content (AvgIpc) is 3.32. The number of aromatic amines is 1. The first-order chi connectivity index (χ1) is 17.7. The van der Waals surface area contributed by atoms with E-state index in [1.165, 1.54) is 22.3 Å². The minimum Gasteiger partial charge on any atom is -0.489 e. The summed E-state index contributed by atoms with van der Waals surface area (Å²) in [4.78, 5) is 5.15. The molecule has 0 bridgehead atoms. The van der Waals surface area contributed by atoms with Crippen molar-refractivity contribution in [1.82, 2.24) is 20.5 Å². The molecule has 37 heavy (non-hydrogen) atoms. The number of hydrogen-bond donors (Lipinski definition) is 2. The molecule has 0 aliphatic heterocycles. The first-order valence-corrected chi connectivity index (χ1v) is 13.6. The van der Waals surface area contributed by atoms with Crippen molar-refractivity contribution in [3.63, 3.8) is 0 Å². The van der Waals surface area contributed by atoms with Crippen LogP contribution in [0.3, 0.4) is 0 Å². The molecule has 0 saturated heterocycles. The fourth-order valence-corrected chi connectivity index (χ4v) is 4.83. The quantitative estimate of drug-likeness (QED) is 0.234. The van der Waals surface area contributed by atoms with Gasteiger partial charge in [0.15, 0.2) is 0 Å². The minimum absolute atomic E-state index is 0.373. The molecule has 0 atom stereocenters. The van der Waals surface area contributed by atoms with E-state index in [4.69, 9.17) is 9.72 Å². The summed E-state index contributed by atoms with van der Waals surface area (Å²) in [5, 5.41) is 12.2. The number of benzene rings is 2. The molecule has 2 aromatic heterocycles. The molecule has 196 valence electrons. The molecule has 0 spiro atoms. The SMILES string of the molecule is Cc1ccc(C(C)C)cc1OCc1c(CNCC(C)C)cc(-c2c(C(C)C)ccc3[nH]ncc23)nc1C. The van der Waals surface area contributed by atoms with Crippen LogP contribution in [0.1, 0.15) is 86.9 Å². The zero-order chi connectivity index (χ0) is 26.7. The number of fused-ring (bicyclic) bond motifs is 1. The van der Waals surface area contributed by atoms with Crippen molar-refractivity contribution in [3.8, 4) is 17.0 Å². The van der Waals surface area contributed by atoms with Crippen LogP contribution >= 0.6 is 0 Å². The largest absolute Gasteiger partial charge is 0.489 e. The maximum atomic E-state index is 6.45. The lowest BCUT2D eigenvalue weighted by Gasteiger charge is -2.20. The highest BCUT2D eigenvalue weighted by Crippen LogP contribution is 2.36. The van der Waals surface area contributed by atoms with Crippen LogP contribution in [-0.2, 0) is 13.2 Å². The van der Waals surface area contributed by atoms with Gasteiger partial charge >= 0.3 is 0 Å². The molecule has 4 aromatic rings. The molecule has 2 aromatic carbocycles. The lowest BCUT2D eigenvalue weighted by molar-refractivity contribution is 0.300. The Bertz CT molecular complexity index is 1370. The Labute approximate surface area is 222 Å². The lowest BCUT2D eigenvalue weighted by atomic mass is 9.91. The Balaban J connectivity index is 1.76. The van der Waals surface area contributed by atoms with Gasteiger partial charge in [0.1, 0.15) is 12.4 Å². The highest BCUT2D eigenvalue weighted by molar-refractivity contribution is 5.95. The molecule has 0 fully saturated rings. The second kappa shape index (κ2) is 11.5. The summed E-state index contributed by atoms with van der Waals surface area (Å²) >= 11 is 0. The molecule has 5 nitrogen and oxygen atoms in total. The number of H-pyrrole nitrogens is 1. The van der Waals surface area contributed by atoms with Crippen molar-refractivity contribution in [3.05, 3.63) is 76.1 Å².